The fraction of sp³-hybridized carbons (Fsp3) is 0.897. The molecule has 0 spiro atoms. The van der Waals surface area contributed by atoms with Gasteiger partial charge in [-0.05, 0) is 91.3 Å². The summed E-state index contributed by atoms with van der Waals surface area (Å²) in [5.41, 5.74) is 2.48. The highest BCUT2D eigenvalue weighted by Crippen LogP contribution is 2.67. The molecule has 4 rings (SSSR count). The zero-order valence-corrected chi connectivity index (χ0v) is 21.7. The van der Waals surface area contributed by atoms with E-state index in [1.54, 1.807) is 12.6 Å². The predicted molar refractivity (Wildman–Crippen MR) is 132 cm³/mol. The van der Waals surface area contributed by atoms with Crippen LogP contribution in [0, 0.1) is 46.3 Å². The second-order valence-electron chi connectivity index (χ2n) is 12.8. The maximum Gasteiger partial charge on any atom is 0.407 e. The van der Waals surface area contributed by atoms with Crippen LogP contribution in [0.4, 0.5) is 4.79 Å². The molecule has 3 heteroatoms. The topological polar surface area (TPSA) is 38.3 Å². The summed E-state index contributed by atoms with van der Waals surface area (Å²) in [6.07, 6.45) is 16.7. The van der Waals surface area contributed by atoms with Gasteiger partial charge in [-0.15, -0.1) is 0 Å². The minimum absolute atomic E-state index is 0.0576. The average molecular weight is 444 g/mol. The lowest BCUT2D eigenvalue weighted by Crippen LogP contribution is -2.51. The number of ether oxygens (including phenoxy) is 1. The molecule has 4 aliphatic rings. The van der Waals surface area contributed by atoms with Gasteiger partial charge in [0.2, 0.25) is 0 Å². The van der Waals surface area contributed by atoms with E-state index in [-0.39, 0.29) is 12.2 Å². The Morgan fingerprint density at radius 1 is 1.09 bits per heavy atom. The van der Waals surface area contributed by atoms with Gasteiger partial charge >= 0.3 is 6.09 Å². The zero-order chi connectivity index (χ0) is 23.1. The van der Waals surface area contributed by atoms with Gasteiger partial charge in [0.05, 0.1) is 0 Å². The first-order chi connectivity index (χ1) is 15.2. The van der Waals surface area contributed by atoms with Crippen LogP contribution in [0.2, 0.25) is 0 Å². The molecule has 0 aromatic heterocycles. The van der Waals surface area contributed by atoms with Gasteiger partial charge in [-0.3, -0.25) is 0 Å². The number of hydrogen-bond acceptors (Lipinski definition) is 2. The quantitative estimate of drug-likeness (QED) is 0.426. The number of rotatable bonds is 6. The van der Waals surface area contributed by atoms with Crippen molar-refractivity contribution in [1.29, 1.82) is 0 Å². The number of hydrogen-bond donors (Lipinski definition) is 1. The molecule has 0 aromatic carbocycles. The lowest BCUT2D eigenvalue weighted by atomic mass is 9.47. The van der Waals surface area contributed by atoms with Gasteiger partial charge in [-0.25, -0.2) is 4.79 Å². The lowest BCUT2D eigenvalue weighted by Gasteiger charge is -2.58. The molecule has 0 unspecified atom stereocenters. The van der Waals surface area contributed by atoms with Crippen molar-refractivity contribution in [3.05, 3.63) is 11.6 Å². The van der Waals surface area contributed by atoms with Crippen molar-refractivity contribution < 1.29 is 9.53 Å². The van der Waals surface area contributed by atoms with E-state index in [4.69, 9.17) is 4.74 Å². The Morgan fingerprint density at radius 2 is 1.88 bits per heavy atom. The molecule has 182 valence electrons. The molecule has 1 N–H and O–H groups in total. The smallest absolute Gasteiger partial charge is 0.407 e. The SMILES string of the molecule is CNC(=O)O[C@H]1CC[C@@]2(C)C(=CC[C@H]3[C@@H]4CC[C@H]([C@H](C)CCCC(C)C)[C@@]4(C)CC[C@@H]32)C1. The van der Waals surface area contributed by atoms with Crippen molar-refractivity contribution in [3.63, 3.8) is 0 Å². The molecule has 4 aliphatic carbocycles. The molecular formula is C29H49NO2. The Labute approximate surface area is 197 Å². The van der Waals surface area contributed by atoms with Crippen molar-refractivity contribution in [2.45, 2.75) is 111 Å². The first-order valence-electron chi connectivity index (χ1n) is 13.8. The van der Waals surface area contributed by atoms with Crippen molar-refractivity contribution in [3.8, 4) is 0 Å². The third-order valence-corrected chi connectivity index (χ3v) is 10.7. The predicted octanol–water partition coefficient (Wildman–Crippen LogP) is 7.75. The summed E-state index contributed by atoms with van der Waals surface area (Å²) in [4.78, 5) is 11.7. The van der Waals surface area contributed by atoms with E-state index in [9.17, 15) is 4.79 Å². The number of fused-ring (bicyclic) bond motifs is 5. The van der Waals surface area contributed by atoms with E-state index in [0.29, 0.717) is 10.8 Å². The third-order valence-electron chi connectivity index (χ3n) is 10.7. The van der Waals surface area contributed by atoms with Crippen LogP contribution in [0.3, 0.4) is 0 Å². The normalized spacial score (nSPS) is 41.8. The summed E-state index contributed by atoms with van der Waals surface area (Å²) >= 11 is 0. The highest BCUT2D eigenvalue weighted by Gasteiger charge is 2.59. The fourth-order valence-electron chi connectivity index (χ4n) is 8.96. The van der Waals surface area contributed by atoms with Crippen LogP contribution >= 0.6 is 0 Å². The molecule has 0 aliphatic heterocycles. The van der Waals surface area contributed by atoms with E-state index in [1.807, 2.05) is 0 Å². The van der Waals surface area contributed by atoms with Crippen LogP contribution in [0.1, 0.15) is 105 Å². The number of amides is 1. The molecule has 0 radical (unpaired) electrons. The summed E-state index contributed by atoms with van der Waals surface area (Å²) in [7, 11) is 1.65. The molecule has 3 saturated carbocycles. The maximum absolute atomic E-state index is 11.7. The monoisotopic (exact) mass is 443 g/mol. The highest BCUT2D eigenvalue weighted by atomic mass is 16.6. The van der Waals surface area contributed by atoms with Gasteiger partial charge in [-0.1, -0.05) is 65.5 Å². The first-order valence-corrected chi connectivity index (χ1v) is 13.8. The minimum atomic E-state index is -0.277. The van der Waals surface area contributed by atoms with Crippen molar-refractivity contribution >= 4 is 6.09 Å². The van der Waals surface area contributed by atoms with Crippen molar-refractivity contribution in [1.82, 2.24) is 5.32 Å². The first kappa shape index (κ1) is 24.1. The van der Waals surface area contributed by atoms with Crippen molar-refractivity contribution in [2.75, 3.05) is 7.05 Å². The summed E-state index contributed by atoms with van der Waals surface area (Å²) in [5.74, 6) is 5.25. The number of carbonyl (C=O) groups excluding carboxylic acids is 1. The van der Waals surface area contributed by atoms with Gasteiger partial charge in [-0.2, -0.15) is 0 Å². The van der Waals surface area contributed by atoms with E-state index in [2.05, 4.69) is 46.0 Å². The molecule has 1 amide bonds. The Hall–Kier alpha value is -0.990. The second kappa shape index (κ2) is 9.34. The summed E-state index contributed by atoms with van der Waals surface area (Å²) < 4.78 is 5.65. The molecular weight excluding hydrogens is 394 g/mol. The van der Waals surface area contributed by atoms with E-state index >= 15 is 0 Å². The van der Waals surface area contributed by atoms with Gasteiger partial charge in [0, 0.05) is 13.5 Å². The average Bonchev–Trinajstić information content (AvgIpc) is 3.11. The van der Waals surface area contributed by atoms with Crippen LogP contribution < -0.4 is 5.32 Å². The molecule has 0 aromatic rings. The molecule has 3 nitrogen and oxygen atoms in total. The number of nitrogens with one attached hydrogen (secondary N) is 1. The largest absolute Gasteiger partial charge is 0.446 e. The Balaban J connectivity index is 1.45. The van der Waals surface area contributed by atoms with Crippen LogP contribution in [0.15, 0.2) is 11.6 Å². The van der Waals surface area contributed by atoms with E-state index in [1.165, 1.54) is 57.8 Å². The molecule has 0 bridgehead atoms. The van der Waals surface area contributed by atoms with Crippen LogP contribution in [0.25, 0.3) is 0 Å². The number of allylic oxidation sites excluding steroid dienone is 1. The maximum atomic E-state index is 11.7. The van der Waals surface area contributed by atoms with Crippen LogP contribution in [-0.2, 0) is 4.74 Å². The third kappa shape index (κ3) is 4.27. The highest BCUT2D eigenvalue weighted by molar-refractivity contribution is 5.66. The second-order valence-corrected chi connectivity index (χ2v) is 12.8. The summed E-state index contributed by atoms with van der Waals surface area (Å²) in [5, 5.41) is 2.62. The van der Waals surface area contributed by atoms with Crippen LogP contribution in [-0.4, -0.2) is 19.2 Å². The Morgan fingerprint density at radius 3 is 2.59 bits per heavy atom. The Kier molecular flexibility index (Phi) is 7.04. The molecule has 0 saturated heterocycles. The zero-order valence-electron chi connectivity index (χ0n) is 21.7. The summed E-state index contributed by atoms with van der Waals surface area (Å²) in [6, 6.07) is 0. The van der Waals surface area contributed by atoms with Gasteiger partial charge in [0.1, 0.15) is 6.10 Å². The van der Waals surface area contributed by atoms with Gasteiger partial charge < -0.3 is 10.1 Å². The molecule has 0 heterocycles. The Bertz CT molecular complexity index is 714. The number of alkyl carbamates (subject to hydrolysis) is 1. The fourth-order valence-corrected chi connectivity index (χ4v) is 8.96. The van der Waals surface area contributed by atoms with Crippen LogP contribution in [0.5, 0.6) is 0 Å². The lowest BCUT2D eigenvalue weighted by molar-refractivity contribution is -0.0580. The van der Waals surface area contributed by atoms with Gasteiger partial charge in [0.25, 0.3) is 0 Å². The molecule has 32 heavy (non-hydrogen) atoms. The van der Waals surface area contributed by atoms with Gasteiger partial charge in [0.15, 0.2) is 0 Å². The standard InChI is InChI=1S/C29H49NO2/c1-19(2)8-7-9-20(3)24-12-13-25-23-11-10-21-18-22(32-27(31)30-6)14-16-28(21,4)26(23)15-17-29(24,25)5/h10,19-20,22-26H,7-9,11-18H2,1-6H3,(H,30,31)/t20-,22+,23+,24-,25+,26+,28+,29-/m1/s1. The molecule has 3 fully saturated rings. The van der Waals surface area contributed by atoms with E-state index < -0.39 is 0 Å². The molecule has 8 atom stereocenters. The number of carbonyl (C=O) groups is 1. The van der Waals surface area contributed by atoms with E-state index in [0.717, 1.165) is 48.3 Å². The minimum Gasteiger partial charge on any atom is -0.446 e. The summed E-state index contributed by atoms with van der Waals surface area (Å²) in [6.45, 7) is 12.5. The van der Waals surface area contributed by atoms with Crippen molar-refractivity contribution in [2.24, 2.45) is 46.3 Å².